The number of carboxylic acid groups (broad SMARTS) is 1. The summed E-state index contributed by atoms with van der Waals surface area (Å²) in [5.74, 6) is -1.83. The van der Waals surface area contributed by atoms with Crippen molar-refractivity contribution in [3.05, 3.63) is 52.4 Å². The maximum Gasteiger partial charge on any atom is 0.313 e. The molecule has 108 valence electrons. The van der Waals surface area contributed by atoms with Gasteiger partial charge in [0, 0.05) is 23.5 Å². The molecule has 0 unspecified atom stereocenters. The molecule has 1 aromatic carbocycles. The molecule has 8 heteroatoms. The molecule has 1 amide bonds. The van der Waals surface area contributed by atoms with Gasteiger partial charge in [-0.15, -0.1) is 0 Å². The van der Waals surface area contributed by atoms with Crippen molar-refractivity contribution in [2.75, 3.05) is 5.75 Å². The van der Waals surface area contributed by atoms with Crippen LogP contribution in [0.3, 0.4) is 0 Å². The molecular weight excluding hydrogens is 294 g/mol. The fraction of sp³-hybridized carbons (Fsp3) is 0.0769. The first-order valence-electron chi connectivity index (χ1n) is 5.82. The Morgan fingerprint density at radius 2 is 2.10 bits per heavy atom. The molecule has 0 atom stereocenters. The van der Waals surface area contributed by atoms with Crippen LogP contribution in [-0.4, -0.2) is 32.3 Å². The zero-order valence-corrected chi connectivity index (χ0v) is 11.5. The first kappa shape index (κ1) is 14.8. The Balaban J connectivity index is 2.47. The van der Waals surface area contributed by atoms with Crippen LogP contribution in [0.25, 0.3) is 5.69 Å². The number of primary amides is 1. The van der Waals surface area contributed by atoms with Crippen molar-refractivity contribution >= 4 is 23.6 Å². The van der Waals surface area contributed by atoms with Gasteiger partial charge in [-0.2, -0.15) is 4.98 Å². The molecule has 0 aliphatic rings. The SMILES string of the molecule is NC(=O)c1cccc(-n2ccc(=O)nc2SCC(=O)O)c1. The predicted octanol–water partition coefficient (Wildman–Crippen LogP) is 0.508. The average Bonchev–Trinajstić information content (AvgIpc) is 2.45. The van der Waals surface area contributed by atoms with Crippen LogP contribution < -0.4 is 11.3 Å². The predicted molar refractivity (Wildman–Crippen MR) is 76.7 cm³/mol. The number of carboxylic acids is 1. The van der Waals surface area contributed by atoms with Gasteiger partial charge in [0.2, 0.25) is 5.91 Å². The quantitative estimate of drug-likeness (QED) is 0.614. The van der Waals surface area contributed by atoms with E-state index in [1.54, 1.807) is 24.3 Å². The van der Waals surface area contributed by atoms with Crippen LogP contribution in [0.15, 0.2) is 46.5 Å². The van der Waals surface area contributed by atoms with E-state index in [0.717, 1.165) is 11.8 Å². The van der Waals surface area contributed by atoms with E-state index in [1.165, 1.54) is 16.8 Å². The number of thioether (sulfide) groups is 1. The summed E-state index contributed by atoms with van der Waals surface area (Å²) >= 11 is 0.915. The highest BCUT2D eigenvalue weighted by molar-refractivity contribution is 7.99. The first-order chi connectivity index (χ1) is 9.97. The number of aliphatic carboxylic acids is 1. The highest BCUT2D eigenvalue weighted by Crippen LogP contribution is 2.19. The Hall–Kier alpha value is -2.61. The van der Waals surface area contributed by atoms with Crippen LogP contribution >= 0.6 is 11.8 Å². The Morgan fingerprint density at radius 3 is 2.76 bits per heavy atom. The second-order valence-electron chi connectivity index (χ2n) is 4.02. The van der Waals surface area contributed by atoms with Crippen molar-refractivity contribution in [3.63, 3.8) is 0 Å². The van der Waals surface area contributed by atoms with Gasteiger partial charge >= 0.3 is 5.97 Å². The highest BCUT2D eigenvalue weighted by atomic mass is 32.2. The average molecular weight is 305 g/mol. The van der Waals surface area contributed by atoms with E-state index in [4.69, 9.17) is 10.8 Å². The number of hydrogen-bond donors (Lipinski definition) is 2. The summed E-state index contributed by atoms with van der Waals surface area (Å²) < 4.78 is 1.53. The van der Waals surface area contributed by atoms with Gasteiger partial charge in [-0.05, 0) is 18.2 Å². The molecule has 0 aliphatic heterocycles. The Bertz CT molecular complexity index is 757. The third-order valence-corrected chi connectivity index (χ3v) is 3.45. The fourth-order valence-electron chi connectivity index (χ4n) is 1.62. The first-order valence-corrected chi connectivity index (χ1v) is 6.80. The number of benzene rings is 1. The minimum Gasteiger partial charge on any atom is -0.481 e. The minimum absolute atomic E-state index is 0.228. The number of aromatic nitrogens is 2. The highest BCUT2D eigenvalue weighted by Gasteiger charge is 2.10. The van der Waals surface area contributed by atoms with Crippen LogP contribution in [0.2, 0.25) is 0 Å². The second-order valence-corrected chi connectivity index (χ2v) is 4.96. The molecule has 1 aromatic heterocycles. The van der Waals surface area contributed by atoms with Crippen molar-refractivity contribution in [2.45, 2.75) is 5.16 Å². The summed E-state index contributed by atoms with van der Waals surface area (Å²) in [6, 6.07) is 7.69. The van der Waals surface area contributed by atoms with E-state index in [1.807, 2.05) is 0 Å². The zero-order chi connectivity index (χ0) is 15.4. The van der Waals surface area contributed by atoms with Crippen molar-refractivity contribution < 1.29 is 14.7 Å². The molecule has 2 rings (SSSR count). The number of hydrogen-bond acceptors (Lipinski definition) is 5. The lowest BCUT2D eigenvalue weighted by Gasteiger charge is -2.11. The molecule has 0 aliphatic carbocycles. The van der Waals surface area contributed by atoms with Gasteiger partial charge in [-0.25, -0.2) is 0 Å². The lowest BCUT2D eigenvalue weighted by Crippen LogP contribution is -2.15. The lowest BCUT2D eigenvalue weighted by atomic mass is 10.2. The largest absolute Gasteiger partial charge is 0.481 e. The number of nitrogens with zero attached hydrogens (tertiary/aromatic N) is 2. The molecule has 1 heterocycles. The van der Waals surface area contributed by atoms with E-state index in [-0.39, 0.29) is 10.9 Å². The summed E-state index contributed by atoms with van der Waals surface area (Å²) in [5, 5.41) is 8.95. The molecule has 0 spiro atoms. The third-order valence-electron chi connectivity index (χ3n) is 2.51. The zero-order valence-electron chi connectivity index (χ0n) is 10.7. The molecule has 0 radical (unpaired) electrons. The molecule has 3 N–H and O–H groups in total. The molecular formula is C13H11N3O4S. The number of carbonyl (C=O) groups excluding carboxylic acids is 1. The van der Waals surface area contributed by atoms with Crippen LogP contribution in [0, 0.1) is 0 Å². The van der Waals surface area contributed by atoms with Gasteiger partial charge in [0.05, 0.1) is 5.75 Å². The minimum atomic E-state index is -1.02. The Labute approximate surface area is 123 Å². The van der Waals surface area contributed by atoms with Crippen LogP contribution in [0.4, 0.5) is 0 Å². The number of carbonyl (C=O) groups is 2. The standard InChI is InChI=1S/C13H11N3O4S/c14-12(20)8-2-1-3-9(6-8)16-5-4-10(17)15-13(16)21-7-11(18)19/h1-6H,7H2,(H2,14,20)(H,18,19). The van der Waals surface area contributed by atoms with E-state index >= 15 is 0 Å². The normalized spacial score (nSPS) is 10.3. The fourth-order valence-corrected chi connectivity index (χ4v) is 2.33. The maximum atomic E-state index is 11.3. The van der Waals surface area contributed by atoms with Crippen molar-refractivity contribution in [2.24, 2.45) is 5.73 Å². The summed E-state index contributed by atoms with van der Waals surface area (Å²) in [7, 11) is 0. The van der Waals surface area contributed by atoms with E-state index in [9.17, 15) is 14.4 Å². The van der Waals surface area contributed by atoms with Crippen LogP contribution in [-0.2, 0) is 4.79 Å². The van der Waals surface area contributed by atoms with Gasteiger partial charge in [0.15, 0.2) is 5.16 Å². The molecule has 7 nitrogen and oxygen atoms in total. The maximum absolute atomic E-state index is 11.3. The van der Waals surface area contributed by atoms with E-state index < -0.39 is 17.4 Å². The molecule has 0 fully saturated rings. The van der Waals surface area contributed by atoms with Crippen molar-refractivity contribution in [1.82, 2.24) is 9.55 Å². The number of amides is 1. The molecule has 0 saturated heterocycles. The molecule has 21 heavy (non-hydrogen) atoms. The Morgan fingerprint density at radius 1 is 1.33 bits per heavy atom. The van der Waals surface area contributed by atoms with Crippen molar-refractivity contribution in [3.8, 4) is 5.69 Å². The monoisotopic (exact) mass is 305 g/mol. The van der Waals surface area contributed by atoms with Crippen LogP contribution in [0.5, 0.6) is 0 Å². The summed E-state index contributed by atoms with van der Waals surface area (Å²) in [6.07, 6.45) is 1.47. The summed E-state index contributed by atoms with van der Waals surface area (Å²) in [4.78, 5) is 37.0. The van der Waals surface area contributed by atoms with E-state index in [0.29, 0.717) is 11.3 Å². The van der Waals surface area contributed by atoms with Crippen molar-refractivity contribution in [1.29, 1.82) is 0 Å². The van der Waals surface area contributed by atoms with Gasteiger partial charge < -0.3 is 10.8 Å². The van der Waals surface area contributed by atoms with Gasteiger partial charge in [0.25, 0.3) is 5.56 Å². The van der Waals surface area contributed by atoms with Gasteiger partial charge in [-0.1, -0.05) is 17.8 Å². The number of nitrogens with two attached hydrogens (primary N) is 1. The molecule has 2 aromatic rings. The van der Waals surface area contributed by atoms with Gasteiger partial charge in [-0.3, -0.25) is 19.0 Å². The topological polar surface area (TPSA) is 115 Å². The third kappa shape index (κ3) is 3.69. The van der Waals surface area contributed by atoms with Gasteiger partial charge in [0.1, 0.15) is 0 Å². The second kappa shape index (κ2) is 6.23. The van der Waals surface area contributed by atoms with E-state index in [2.05, 4.69) is 4.98 Å². The lowest BCUT2D eigenvalue weighted by molar-refractivity contribution is -0.133. The number of rotatable bonds is 5. The molecule has 0 saturated carbocycles. The summed E-state index contributed by atoms with van der Waals surface area (Å²) in [5.41, 5.74) is 5.62. The smallest absolute Gasteiger partial charge is 0.313 e. The summed E-state index contributed by atoms with van der Waals surface area (Å²) in [6.45, 7) is 0. The van der Waals surface area contributed by atoms with Crippen LogP contribution in [0.1, 0.15) is 10.4 Å². The molecule has 0 bridgehead atoms. The Kier molecular flexibility index (Phi) is 4.39.